The van der Waals surface area contributed by atoms with E-state index in [0.717, 1.165) is 0 Å². The van der Waals surface area contributed by atoms with Gasteiger partial charge in [-0.05, 0) is 16.3 Å². The van der Waals surface area contributed by atoms with E-state index in [2.05, 4.69) is 15.4 Å². The molecule has 0 N–H and O–H groups in total. The summed E-state index contributed by atoms with van der Waals surface area (Å²) in [6.45, 7) is 1.54. The van der Waals surface area contributed by atoms with E-state index in [4.69, 9.17) is 0 Å². The second-order valence-electron chi connectivity index (χ2n) is 2.28. The quantitative estimate of drug-likeness (QED) is 0.504. The lowest BCUT2D eigenvalue weighted by atomic mass is 10.2. The molecule has 0 atom stereocenters. The van der Waals surface area contributed by atoms with Crippen molar-refractivity contribution in [3.05, 3.63) is 25.8 Å². The number of nitrogens with zero attached hydrogens (tertiary/aromatic N) is 5. The van der Waals surface area contributed by atoms with E-state index >= 15 is 0 Å². The third-order valence-corrected chi connectivity index (χ3v) is 1.52. The zero-order valence-corrected chi connectivity index (χ0v) is 7.08. The Balaban J connectivity index is 3.39. The largest absolute Gasteiger partial charge is 0.406 e. The van der Waals surface area contributed by atoms with Crippen LogP contribution in [0.2, 0.25) is 0 Å². The van der Waals surface area contributed by atoms with E-state index in [1.807, 2.05) is 0 Å². The van der Waals surface area contributed by atoms with Gasteiger partial charge in [0, 0.05) is 0 Å². The van der Waals surface area contributed by atoms with E-state index in [1.54, 1.807) is 6.92 Å². The van der Waals surface area contributed by atoms with Gasteiger partial charge in [0.15, 0.2) is 10.8 Å². The van der Waals surface area contributed by atoms with Crippen LogP contribution in [0.1, 0.15) is 12.5 Å². The van der Waals surface area contributed by atoms with Crippen LogP contribution in [0.4, 0.5) is 11.6 Å². The van der Waals surface area contributed by atoms with Crippen LogP contribution in [0.5, 0.6) is 0 Å². The zero-order chi connectivity index (χ0) is 10.7. The van der Waals surface area contributed by atoms with Gasteiger partial charge < -0.3 is 20.2 Å². The van der Waals surface area contributed by atoms with Crippen LogP contribution in [-0.2, 0) is 6.42 Å². The summed E-state index contributed by atoms with van der Waals surface area (Å²) in [5, 5.41) is 30.0. The Kier molecular flexibility index (Phi) is 2.60. The van der Waals surface area contributed by atoms with Crippen molar-refractivity contribution in [1.29, 1.82) is 0 Å². The highest BCUT2D eigenvalue weighted by Crippen LogP contribution is 2.22. The van der Waals surface area contributed by atoms with Crippen molar-refractivity contribution in [2.75, 3.05) is 0 Å². The van der Waals surface area contributed by atoms with Crippen LogP contribution in [0.3, 0.4) is 0 Å². The van der Waals surface area contributed by atoms with Gasteiger partial charge in [0.25, 0.3) is 0 Å². The predicted octanol–water partition coefficient (Wildman–Crippen LogP) is 0.250. The molecule has 0 saturated heterocycles. The first-order chi connectivity index (χ1) is 6.57. The summed E-state index contributed by atoms with van der Waals surface area (Å²) in [7, 11) is 0. The molecule has 0 amide bonds. The molecule has 9 heteroatoms. The van der Waals surface area contributed by atoms with Gasteiger partial charge in [-0.25, -0.2) is 0 Å². The second kappa shape index (κ2) is 3.68. The lowest BCUT2D eigenvalue weighted by Crippen LogP contribution is -2.06. The van der Waals surface area contributed by atoms with Crippen molar-refractivity contribution in [2.45, 2.75) is 13.3 Å². The lowest BCUT2D eigenvalue weighted by molar-refractivity contribution is -0.402. The van der Waals surface area contributed by atoms with Gasteiger partial charge in [-0.1, -0.05) is 6.92 Å². The molecule has 0 fully saturated rings. The zero-order valence-electron chi connectivity index (χ0n) is 7.08. The first-order valence-corrected chi connectivity index (χ1v) is 3.59. The number of rotatable bonds is 3. The molecule has 0 aromatic carbocycles. The molecule has 9 nitrogen and oxygen atoms in total. The van der Waals surface area contributed by atoms with Crippen molar-refractivity contribution < 1.29 is 9.85 Å². The summed E-state index contributed by atoms with van der Waals surface area (Å²) < 4.78 is 0. The summed E-state index contributed by atoms with van der Waals surface area (Å²) >= 11 is 0. The molecule has 0 radical (unpaired) electrons. The molecule has 0 bridgehead atoms. The highest BCUT2D eigenvalue weighted by molar-refractivity contribution is 5.42. The first-order valence-electron chi connectivity index (χ1n) is 3.59. The maximum atomic E-state index is 10.4. The Labute approximate surface area is 77.1 Å². The Morgan fingerprint density at radius 2 is 1.57 bits per heavy atom. The maximum Gasteiger partial charge on any atom is 0.406 e. The second-order valence-corrected chi connectivity index (χ2v) is 2.28. The predicted molar refractivity (Wildman–Crippen MR) is 42.5 cm³/mol. The van der Waals surface area contributed by atoms with E-state index in [0.29, 0.717) is 0 Å². The average Bonchev–Trinajstić information content (AvgIpc) is 2.16. The van der Waals surface area contributed by atoms with Gasteiger partial charge in [0.2, 0.25) is 0 Å². The molecule has 1 rings (SSSR count). The Morgan fingerprint density at radius 3 is 1.86 bits per heavy atom. The average molecular weight is 199 g/mol. The molecule has 0 aliphatic heterocycles. The van der Waals surface area contributed by atoms with Gasteiger partial charge in [-0.2, -0.15) is 0 Å². The van der Waals surface area contributed by atoms with E-state index in [-0.39, 0.29) is 12.0 Å². The molecule has 0 aliphatic carbocycles. The third-order valence-electron chi connectivity index (χ3n) is 1.52. The SMILES string of the molecule is CCc1c([N+](=O)[O-])nnnc1[N+](=O)[O-]. The molecule has 1 aromatic rings. The number of hydrogen-bond acceptors (Lipinski definition) is 7. The van der Waals surface area contributed by atoms with Crippen LogP contribution in [0, 0.1) is 20.2 Å². The molecule has 1 aromatic heterocycles. The molecule has 0 unspecified atom stereocenters. The minimum Gasteiger partial charge on any atom is -0.358 e. The normalized spacial score (nSPS) is 9.79. The van der Waals surface area contributed by atoms with Crippen LogP contribution in [0.15, 0.2) is 0 Å². The van der Waals surface area contributed by atoms with Gasteiger partial charge in [-0.15, -0.1) is 0 Å². The van der Waals surface area contributed by atoms with Crippen LogP contribution >= 0.6 is 0 Å². The minimum atomic E-state index is -0.819. The molecule has 0 spiro atoms. The highest BCUT2D eigenvalue weighted by atomic mass is 16.6. The third kappa shape index (κ3) is 1.60. The molecular formula is C5H5N5O4. The molecular weight excluding hydrogens is 194 g/mol. The molecule has 0 aliphatic rings. The minimum absolute atomic E-state index is 0.106. The van der Waals surface area contributed by atoms with E-state index < -0.39 is 21.5 Å². The van der Waals surface area contributed by atoms with Crippen LogP contribution in [-0.4, -0.2) is 25.3 Å². The Morgan fingerprint density at radius 1 is 1.14 bits per heavy atom. The lowest BCUT2D eigenvalue weighted by Gasteiger charge is -1.97. The smallest absolute Gasteiger partial charge is 0.358 e. The molecule has 14 heavy (non-hydrogen) atoms. The first kappa shape index (κ1) is 9.89. The fourth-order valence-corrected chi connectivity index (χ4v) is 0.937. The summed E-state index contributed by atoms with van der Waals surface area (Å²) in [5.74, 6) is -1.23. The monoisotopic (exact) mass is 199 g/mol. The van der Waals surface area contributed by atoms with Crippen molar-refractivity contribution in [3.63, 3.8) is 0 Å². The van der Waals surface area contributed by atoms with Crippen molar-refractivity contribution >= 4 is 11.6 Å². The summed E-state index contributed by atoms with van der Waals surface area (Å²) in [6.07, 6.45) is 0.106. The van der Waals surface area contributed by atoms with E-state index in [1.165, 1.54) is 0 Å². The van der Waals surface area contributed by atoms with E-state index in [9.17, 15) is 20.2 Å². The Bertz CT molecular complexity index is 359. The van der Waals surface area contributed by atoms with Crippen molar-refractivity contribution in [1.82, 2.24) is 15.4 Å². The van der Waals surface area contributed by atoms with Gasteiger partial charge in [0.1, 0.15) is 10.2 Å². The molecule has 74 valence electrons. The highest BCUT2D eigenvalue weighted by Gasteiger charge is 2.28. The maximum absolute atomic E-state index is 10.4. The van der Waals surface area contributed by atoms with Crippen LogP contribution < -0.4 is 0 Å². The fraction of sp³-hybridized carbons (Fsp3) is 0.400. The van der Waals surface area contributed by atoms with Crippen molar-refractivity contribution in [2.24, 2.45) is 0 Å². The Hall–Kier alpha value is -2.19. The van der Waals surface area contributed by atoms with Gasteiger partial charge in [0.05, 0.1) is 0 Å². The molecule has 0 saturated carbocycles. The van der Waals surface area contributed by atoms with Crippen molar-refractivity contribution in [3.8, 4) is 0 Å². The topological polar surface area (TPSA) is 125 Å². The fourth-order valence-electron chi connectivity index (χ4n) is 0.937. The number of aromatic nitrogens is 3. The van der Waals surface area contributed by atoms with Gasteiger partial charge >= 0.3 is 11.6 Å². The van der Waals surface area contributed by atoms with Crippen LogP contribution in [0.25, 0.3) is 0 Å². The number of nitro groups is 2. The number of hydrogen-bond donors (Lipinski definition) is 0. The van der Waals surface area contributed by atoms with Gasteiger partial charge in [-0.3, -0.25) is 0 Å². The summed E-state index contributed by atoms with van der Waals surface area (Å²) in [5.41, 5.74) is -0.116. The summed E-state index contributed by atoms with van der Waals surface area (Å²) in [4.78, 5) is 19.2. The molecule has 1 heterocycles. The standard InChI is InChI=1S/C5H5N5O4/c1-2-3-4(9(11)12)6-8-7-5(3)10(13)14/h2H2,1H3. The summed E-state index contributed by atoms with van der Waals surface area (Å²) in [6, 6.07) is 0.